The third-order valence-corrected chi connectivity index (χ3v) is 1.42. The van der Waals surface area contributed by atoms with Crippen LogP contribution in [0.15, 0.2) is 24.3 Å². The van der Waals surface area contributed by atoms with E-state index in [1.165, 1.54) is 0 Å². The average Bonchev–Trinajstić information content (AvgIpc) is 1.99. The quantitative estimate of drug-likeness (QED) is 0.466. The summed E-state index contributed by atoms with van der Waals surface area (Å²) >= 11 is 0. The minimum Gasteiger partial charge on any atom is -0.0919 e. The van der Waals surface area contributed by atoms with Gasteiger partial charge >= 0.3 is 0 Å². The Morgan fingerprint density at radius 2 is 0.786 bits per heavy atom. The standard InChI is InChI=1S/C10H20.C4H8/c1-9(2,3)7-8-10(4,5)6;1-3-4-2/h7-8H,1-6H3;3-4H,1-2H3/b8-7-;4-3-. The fraction of sp³-hybridized carbons (Fsp3) is 0.714. The number of hydrogen-bond donors (Lipinski definition) is 0. The molecule has 0 unspecified atom stereocenters. The number of rotatable bonds is 0. The first-order valence-electron chi connectivity index (χ1n) is 5.40. The molecule has 0 saturated carbocycles. The Hall–Kier alpha value is -0.520. The first-order valence-corrected chi connectivity index (χ1v) is 5.40. The van der Waals surface area contributed by atoms with Crippen LogP contribution in [0, 0.1) is 10.8 Å². The van der Waals surface area contributed by atoms with Crippen molar-refractivity contribution in [2.24, 2.45) is 10.8 Å². The van der Waals surface area contributed by atoms with Crippen LogP contribution in [0.2, 0.25) is 0 Å². The van der Waals surface area contributed by atoms with Crippen molar-refractivity contribution in [3.8, 4) is 0 Å². The molecule has 0 atom stereocenters. The molecular formula is C14H28. The van der Waals surface area contributed by atoms with Gasteiger partial charge in [0, 0.05) is 0 Å². The van der Waals surface area contributed by atoms with Crippen LogP contribution >= 0.6 is 0 Å². The number of allylic oxidation sites excluding steroid dienone is 4. The van der Waals surface area contributed by atoms with Crippen molar-refractivity contribution in [3.05, 3.63) is 24.3 Å². The van der Waals surface area contributed by atoms with E-state index >= 15 is 0 Å². The van der Waals surface area contributed by atoms with Gasteiger partial charge in [-0.2, -0.15) is 0 Å². The van der Waals surface area contributed by atoms with E-state index in [0.717, 1.165) is 0 Å². The summed E-state index contributed by atoms with van der Waals surface area (Å²) < 4.78 is 0. The summed E-state index contributed by atoms with van der Waals surface area (Å²) in [6.07, 6.45) is 8.54. The molecule has 0 rings (SSSR count). The minimum atomic E-state index is 0.327. The van der Waals surface area contributed by atoms with Crippen LogP contribution in [0.1, 0.15) is 55.4 Å². The van der Waals surface area contributed by atoms with Crippen molar-refractivity contribution >= 4 is 0 Å². The van der Waals surface area contributed by atoms with Crippen LogP contribution in [0.4, 0.5) is 0 Å². The van der Waals surface area contributed by atoms with E-state index in [2.05, 4.69) is 53.7 Å². The molecule has 0 heterocycles. The van der Waals surface area contributed by atoms with E-state index in [4.69, 9.17) is 0 Å². The lowest BCUT2D eigenvalue weighted by molar-refractivity contribution is 0.502. The van der Waals surface area contributed by atoms with Crippen molar-refractivity contribution < 1.29 is 0 Å². The molecule has 0 spiro atoms. The number of hydrogen-bond acceptors (Lipinski definition) is 0. The lowest BCUT2D eigenvalue weighted by Gasteiger charge is -2.17. The second kappa shape index (κ2) is 6.86. The molecule has 0 N–H and O–H groups in total. The van der Waals surface area contributed by atoms with Crippen LogP contribution in [-0.4, -0.2) is 0 Å². The molecule has 0 aromatic heterocycles. The Balaban J connectivity index is 0. The first-order chi connectivity index (χ1) is 6.12. The van der Waals surface area contributed by atoms with Crippen LogP contribution in [0.3, 0.4) is 0 Å². The Morgan fingerprint density at radius 3 is 0.857 bits per heavy atom. The highest BCUT2D eigenvalue weighted by Crippen LogP contribution is 2.21. The van der Waals surface area contributed by atoms with E-state index in [1.54, 1.807) is 0 Å². The van der Waals surface area contributed by atoms with Crippen LogP contribution < -0.4 is 0 Å². The summed E-state index contributed by atoms with van der Waals surface area (Å²) in [5.74, 6) is 0. The summed E-state index contributed by atoms with van der Waals surface area (Å²) in [4.78, 5) is 0. The summed E-state index contributed by atoms with van der Waals surface area (Å²) in [6, 6.07) is 0. The highest BCUT2D eigenvalue weighted by molar-refractivity contribution is 4.98. The zero-order valence-electron chi connectivity index (χ0n) is 11.3. The molecule has 0 saturated heterocycles. The summed E-state index contributed by atoms with van der Waals surface area (Å²) in [6.45, 7) is 17.3. The van der Waals surface area contributed by atoms with E-state index < -0.39 is 0 Å². The molecule has 0 fully saturated rings. The smallest absolute Gasteiger partial charge is 0.0203 e. The normalized spacial score (nSPS) is 13.1. The predicted octanol–water partition coefficient (Wildman–Crippen LogP) is 5.22. The second-order valence-electron chi connectivity index (χ2n) is 5.73. The Morgan fingerprint density at radius 1 is 0.571 bits per heavy atom. The maximum Gasteiger partial charge on any atom is -0.0203 e. The monoisotopic (exact) mass is 196 g/mol. The van der Waals surface area contributed by atoms with Crippen molar-refractivity contribution in [2.45, 2.75) is 55.4 Å². The molecule has 0 aromatic rings. The van der Waals surface area contributed by atoms with E-state index in [1.807, 2.05) is 26.0 Å². The van der Waals surface area contributed by atoms with Gasteiger partial charge in [-0.05, 0) is 24.7 Å². The maximum absolute atomic E-state index is 2.27. The minimum absolute atomic E-state index is 0.327. The van der Waals surface area contributed by atoms with Crippen molar-refractivity contribution in [2.75, 3.05) is 0 Å². The van der Waals surface area contributed by atoms with Gasteiger partial charge in [0.25, 0.3) is 0 Å². The highest BCUT2D eigenvalue weighted by Gasteiger charge is 2.08. The molecule has 0 aromatic carbocycles. The van der Waals surface area contributed by atoms with Gasteiger partial charge in [-0.25, -0.2) is 0 Å². The Kier molecular flexibility index (Phi) is 7.81. The van der Waals surface area contributed by atoms with Crippen LogP contribution in [-0.2, 0) is 0 Å². The van der Waals surface area contributed by atoms with Crippen molar-refractivity contribution in [3.63, 3.8) is 0 Å². The fourth-order valence-electron chi connectivity index (χ4n) is 0.500. The van der Waals surface area contributed by atoms with E-state index in [9.17, 15) is 0 Å². The zero-order valence-corrected chi connectivity index (χ0v) is 11.3. The van der Waals surface area contributed by atoms with Gasteiger partial charge < -0.3 is 0 Å². The van der Waals surface area contributed by atoms with Gasteiger partial charge in [-0.3, -0.25) is 0 Å². The van der Waals surface area contributed by atoms with Gasteiger partial charge in [0.15, 0.2) is 0 Å². The molecule has 14 heavy (non-hydrogen) atoms. The SMILES string of the molecule is C/C=C\C.CC(C)(C)/C=C\C(C)(C)C. The molecule has 0 aliphatic heterocycles. The molecule has 0 aliphatic carbocycles. The Bertz CT molecular complexity index is 149. The van der Waals surface area contributed by atoms with Gasteiger partial charge in [0.1, 0.15) is 0 Å². The molecule has 0 heteroatoms. The topological polar surface area (TPSA) is 0 Å². The van der Waals surface area contributed by atoms with E-state index in [0.29, 0.717) is 10.8 Å². The van der Waals surface area contributed by atoms with Gasteiger partial charge in [-0.1, -0.05) is 65.8 Å². The third kappa shape index (κ3) is 22.5. The maximum atomic E-state index is 2.27. The molecule has 0 amide bonds. The van der Waals surface area contributed by atoms with Gasteiger partial charge in [0.2, 0.25) is 0 Å². The fourth-order valence-corrected chi connectivity index (χ4v) is 0.500. The summed E-state index contributed by atoms with van der Waals surface area (Å²) in [5, 5.41) is 0. The molecule has 0 bridgehead atoms. The largest absolute Gasteiger partial charge is 0.0919 e. The molecular weight excluding hydrogens is 168 g/mol. The van der Waals surface area contributed by atoms with Crippen molar-refractivity contribution in [1.29, 1.82) is 0 Å². The molecule has 0 radical (unpaired) electrons. The lowest BCUT2D eigenvalue weighted by Crippen LogP contribution is -2.04. The molecule has 0 aliphatic rings. The van der Waals surface area contributed by atoms with E-state index in [-0.39, 0.29) is 0 Å². The van der Waals surface area contributed by atoms with Crippen LogP contribution in [0.5, 0.6) is 0 Å². The molecule has 84 valence electrons. The predicted molar refractivity (Wildman–Crippen MR) is 68.5 cm³/mol. The lowest BCUT2D eigenvalue weighted by atomic mass is 9.89. The zero-order chi connectivity index (χ0) is 11.8. The average molecular weight is 196 g/mol. The first kappa shape index (κ1) is 15.9. The van der Waals surface area contributed by atoms with Crippen LogP contribution in [0.25, 0.3) is 0 Å². The van der Waals surface area contributed by atoms with Crippen molar-refractivity contribution in [1.82, 2.24) is 0 Å². The highest BCUT2D eigenvalue weighted by atomic mass is 14.1. The van der Waals surface area contributed by atoms with Gasteiger partial charge in [0.05, 0.1) is 0 Å². The summed E-state index contributed by atoms with van der Waals surface area (Å²) in [5.41, 5.74) is 0.653. The summed E-state index contributed by atoms with van der Waals surface area (Å²) in [7, 11) is 0. The second-order valence-corrected chi connectivity index (χ2v) is 5.73. The Labute approximate surface area is 91.1 Å². The molecule has 0 nitrogen and oxygen atoms in total. The van der Waals surface area contributed by atoms with Gasteiger partial charge in [-0.15, -0.1) is 0 Å². The third-order valence-electron chi connectivity index (χ3n) is 1.42.